The van der Waals surface area contributed by atoms with Crippen LogP contribution in [0.3, 0.4) is 0 Å². The number of carbonyl (C=O) groups is 1. The van der Waals surface area contributed by atoms with Gasteiger partial charge in [-0.2, -0.15) is 13.2 Å². The van der Waals surface area contributed by atoms with E-state index in [0.717, 1.165) is 11.0 Å². The second-order valence-electron chi connectivity index (χ2n) is 4.91. The van der Waals surface area contributed by atoms with E-state index in [4.69, 9.17) is 0 Å². The highest BCUT2D eigenvalue weighted by atomic mass is 127. The van der Waals surface area contributed by atoms with Crippen LogP contribution in [-0.4, -0.2) is 29.8 Å². The first-order valence-electron chi connectivity index (χ1n) is 6.13. The quantitative estimate of drug-likeness (QED) is 0.494. The molecule has 1 fully saturated rings. The monoisotopic (exact) mass is 419 g/mol. The first-order chi connectivity index (χ1) is 9.58. The van der Waals surface area contributed by atoms with E-state index in [1.165, 1.54) is 6.07 Å². The zero-order valence-corrected chi connectivity index (χ0v) is 12.8. The van der Waals surface area contributed by atoms with Crippen LogP contribution in [0.4, 0.5) is 22.0 Å². The van der Waals surface area contributed by atoms with Crippen LogP contribution in [0.5, 0.6) is 0 Å². The summed E-state index contributed by atoms with van der Waals surface area (Å²) in [6.45, 7) is -0.625. The van der Waals surface area contributed by atoms with Crippen LogP contribution in [0.25, 0.3) is 0 Å². The van der Waals surface area contributed by atoms with E-state index in [1.54, 1.807) is 22.6 Å². The fourth-order valence-electron chi connectivity index (χ4n) is 2.20. The number of rotatable bonds is 1. The predicted octanol–water partition coefficient (Wildman–Crippen LogP) is 4.18. The molecule has 1 aliphatic rings. The van der Waals surface area contributed by atoms with E-state index in [2.05, 4.69) is 0 Å². The number of nitrogens with zero attached hydrogens (tertiary/aromatic N) is 1. The van der Waals surface area contributed by atoms with Gasteiger partial charge < -0.3 is 4.90 Å². The van der Waals surface area contributed by atoms with Gasteiger partial charge in [-0.15, -0.1) is 0 Å². The Bertz CT molecular complexity index is 558. The second kappa shape index (κ2) is 5.69. The Morgan fingerprint density at radius 2 is 1.90 bits per heavy atom. The van der Waals surface area contributed by atoms with Crippen LogP contribution in [-0.2, 0) is 6.18 Å². The van der Waals surface area contributed by atoms with E-state index < -0.39 is 30.1 Å². The van der Waals surface area contributed by atoms with Crippen molar-refractivity contribution in [2.75, 3.05) is 13.1 Å². The number of piperidine rings is 1. The van der Waals surface area contributed by atoms with Gasteiger partial charge in [-0.25, -0.2) is 8.78 Å². The number of alkyl halides is 5. The third-order valence-corrected chi connectivity index (χ3v) is 3.77. The smallest absolute Gasteiger partial charge is 0.333 e. The average molecular weight is 419 g/mol. The SMILES string of the molecule is O=C(c1cc(I)cc(C(F)(F)F)c1)N1CCCC(F)(F)C1. The Hall–Kier alpha value is -0.930. The fourth-order valence-corrected chi connectivity index (χ4v) is 2.87. The maximum atomic E-state index is 13.3. The number of likely N-dealkylation sites (tertiary alicyclic amines) is 1. The predicted molar refractivity (Wildman–Crippen MR) is 74.2 cm³/mol. The minimum absolute atomic E-state index is 0.126. The molecule has 1 saturated heterocycles. The van der Waals surface area contributed by atoms with E-state index in [9.17, 15) is 26.7 Å². The summed E-state index contributed by atoms with van der Waals surface area (Å²) in [4.78, 5) is 13.1. The highest BCUT2D eigenvalue weighted by molar-refractivity contribution is 14.1. The lowest BCUT2D eigenvalue weighted by Gasteiger charge is -2.32. The zero-order valence-electron chi connectivity index (χ0n) is 10.7. The van der Waals surface area contributed by atoms with Crippen molar-refractivity contribution in [3.8, 4) is 0 Å². The molecule has 1 heterocycles. The fraction of sp³-hybridized carbons (Fsp3) is 0.462. The molecule has 0 aromatic heterocycles. The normalized spacial score (nSPS) is 18.7. The van der Waals surface area contributed by atoms with Gasteiger partial charge in [0.15, 0.2) is 0 Å². The Labute approximate surface area is 131 Å². The number of carbonyl (C=O) groups excluding carboxylic acids is 1. The van der Waals surface area contributed by atoms with Crippen molar-refractivity contribution in [2.45, 2.75) is 24.9 Å². The molecular formula is C13H11F5INO. The summed E-state index contributed by atoms with van der Waals surface area (Å²) in [5, 5.41) is 0. The minimum Gasteiger partial charge on any atom is -0.333 e. The van der Waals surface area contributed by atoms with Gasteiger partial charge in [0.05, 0.1) is 12.1 Å². The van der Waals surface area contributed by atoms with E-state index in [0.29, 0.717) is 6.07 Å². The van der Waals surface area contributed by atoms with Crippen LogP contribution in [0.2, 0.25) is 0 Å². The van der Waals surface area contributed by atoms with E-state index >= 15 is 0 Å². The number of amides is 1. The summed E-state index contributed by atoms with van der Waals surface area (Å²) in [7, 11) is 0. The molecule has 2 nitrogen and oxygen atoms in total. The number of halogens is 6. The summed E-state index contributed by atoms with van der Waals surface area (Å²) < 4.78 is 65.0. The molecule has 1 amide bonds. The molecule has 21 heavy (non-hydrogen) atoms. The summed E-state index contributed by atoms with van der Waals surface area (Å²) in [6, 6.07) is 2.88. The minimum atomic E-state index is -4.58. The molecule has 0 radical (unpaired) electrons. The maximum absolute atomic E-state index is 13.3. The van der Waals surface area contributed by atoms with Crippen molar-refractivity contribution < 1.29 is 26.7 Å². The molecule has 0 N–H and O–H groups in total. The highest BCUT2D eigenvalue weighted by Gasteiger charge is 2.38. The third kappa shape index (κ3) is 4.04. The molecule has 0 saturated carbocycles. The van der Waals surface area contributed by atoms with Gasteiger partial charge in [0, 0.05) is 22.1 Å². The number of benzene rings is 1. The Morgan fingerprint density at radius 1 is 1.24 bits per heavy atom. The Morgan fingerprint density at radius 3 is 2.48 bits per heavy atom. The molecule has 1 aliphatic heterocycles. The van der Waals surface area contributed by atoms with Crippen molar-refractivity contribution in [1.82, 2.24) is 4.90 Å². The van der Waals surface area contributed by atoms with Crippen LogP contribution in [0, 0.1) is 3.57 Å². The van der Waals surface area contributed by atoms with Crippen molar-refractivity contribution in [3.05, 3.63) is 32.9 Å². The molecule has 0 bridgehead atoms. The second-order valence-corrected chi connectivity index (χ2v) is 6.16. The lowest BCUT2D eigenvalue weighted by atomic mass is 10.0. The molecular weight excluding hydrogens is 408 g/mol. The number of hydrogen-bond donors (Lipinski definition) is 0. The van der Waals surface area contributed by atoms with Crippen LogP contribution in [0.1, 0.15) is 28.8 Å². The highest BCUT2D eigenvalue weighted by Crippen LogP contribution is 2.32. The first-order valence-corrected chi connectivity index (χ1v) is 7.21. The maximum Gasteiger partial charge on any atom is 0.416 e. The van der Waals surface area contributed by atoms with Crippen LogP contribution < -0.4 is 0 Å². The zero-order chi connectivity index (χ0) is 15.8. The Kier molecular flexibility index (Phi) is 4.46. The third-order valence-electron chi connectivity index (χ3n) is 3.15. The van der Waals surface area contributed by atoms with Crippen molar-refractivity contribution in [2.24, 2.45) is 0 Å². The topological polar surface area (TPSA) is 20.3 Å². The average Bonchev–Trinajstić information content (AvgIpc) is 2.35. The lowest BCUT2D eigenvalue weighted by Crippen LogP contribution is -2.45. The summed E-state index contributed by atoms with van der Waals surface area (Å²) in [6.07, 6.45) is -4.76. The number of hydrogen-bond acceptors (Lipinski definition) is 1. The molecule has 1 aromatic rings. The molecule has 1 aromatic carbocycles. The summed E-state index contributed by atoms with van der Waals surface area (Å²) in [5.41, 5.74) is -1.17. The van der Waals surface area contributed by atoms with Crippen molar-refractivity contribution in [1.29, 1.82) is 0 Å². The van der Waals surface area contributed by atoms with Gasteiger partial charge in [-0.3, -0.25) is 4.79 Å². The molecule has 0 aliphatic carbocycles. The van der Waals surface area contributed by atoms with Crippen LogP contribution in [0.15, 0.2) is 18.2 Å². The largest absolute Gasteiger partial charge is 0.416 e. The molecule has 2 rings (SSSR count). The summed E-state index contributed by atoms with van der Waals surface area (Å²) in [5.74, 6) is -3.78. The van der Waals surface area contributed by atoms with Gasteiger partial charge in [0.1, 0.15) is 0 Å². The van der Waals surface area contributed by atoms with Crippen LogP contribution >= 0.6 is 22.6 Å². The first kappa shape index (κ1) is 16.4. The van der Waals surface area contributed by atoms with Crippen molar-refractivity contribution in [3.63, 3.8) is 0 Å². The van der Waals surface area contributed by atoms with Crippen molar-refractivity contribution >= 4 is 28.5 Å². The van der Waals surface area contributed by atoms with Gasteiger partial charge >= 0.3 is 6.18 Å². The van der Waals surface area contributed by atoms with E-state index in [1.807, 2.05) is 0 Å². The molecule has 116 valence electrons. The van der Waals surface area contributed by atoms with Gasteiger partial charge in [0.25, 0.3) is 11.8 Å². The summed E-state index contributed by atoms with van der Waals surface area (Å²) >= 11 is 1.66. The molecule has 0 atom stereocenters. The lowest BCUT2D eigenvalue weighted by molar-refractivity contribution is -0.137. The molecule has 0 unspecified atom stereocenters. The standard InChI is InChI=1S/C13H11F5INO/c14-12(15)2-1-3-20(7-12)11(21)8-4-9(13(16,17)18)6-10(19)5-8/h4-6H,1-3,7H2. The van der Waals surface area contributed by atoms with Gasteiger partial charge in [-0.1, -0.05) is 0 Å². The van der Waals surface area contributed by atoms with Gasteiger partial charge in [-0.05, 0) is 47.2 Å². The Balaban J connectivity index is 2.29. The molecule has 8 heteroatoms. The van der Waals surface area contributed by atoms with E-state index in [-0.39, 0.29) is 28.5 Å². The van der Waals surface area contributed by atoms with Gasteiger partial charge in [0.2, 0.25) is 0 Å². The molecule has 0 spiro atoms.